The lowest BCUT2D eigenvalue weighted by Crippen LogP contribution is -2.24. The van der Waals surface area contributed by atoms with Gasteiger partial charge in [0, 0.05) is 27.9 Å². The number of anilines is 1. The molecule has 0 fully saturated rings. The number of nitrogens with zero attached hydrogens (tertiary/aromatic N) is 2. The quantitative estimate of drug-likeness (QED) is 0.533. The Labute approximate surface area is 163 Å². The van der Waals surface area contributed by atoms with Crippen molar-refractivity contribution in [1.82, 2.24) is 10.2 Å². The van der Waals surface area contributed by atoms with Crippen molar-refractivity contribution < 1.29 is 14.4 Å². The summed E-state index contributed by atoms with van der Waals surface area (Å²) in [5.41, 5.74) is 3.54. The Morgan fingerprint density at radius 1 is 1.04 bits per heavy atom. The first-order chi connectivity index (χ1) is 13.0. The minimum absolute atomic E-state index is 0.182. The van der Waals surface area contributed by atoms with Crippen molar-refractivity contribution >= 4 is 46.3 Å². The third kappa shape index (κ3) is 3.29. The Morgan fingerprint density at radius 2 is 1.70 bits per heavy atom. The van der Waals surface area contributed by atoms with Gasteiger partial charge in [-0.25, -0.2) is 0 Å². The second kappa shape index (κ2) is 7.05. The topological polar surface area (TPSA) is 89.0 Å². The highest BCUT2D eigenvalue weighted by molar-refractivity contribution is 8.02. The van der Waals surface area contributed by atoms with Gasteiger partial charge in [0.1, 0.15) is 5.51 Å². The second-order valence-electron chi connectivity index (χ2n) is 5.92. The lowest BCUT2D eigenvalue weighted by molar-refractivity contribution is -0.115. The number of hydrogen-bond acceptors (Lipinski definition) is 7. The molecule has 0 bridgehead atoms. The van der Waals surface area contributed by atoms with Gasteiger partial charge in [-0.2, -0.15) is 0 Å². The van der Waals surface area contributed by atoms with E-state index in [0.29, 0.717) is 32.3 Å². The van der Waals surface area contributed by atoms with Gasteiger partial charge in [0.15, 0.2) is 15.9 Å². The van der Waals surface area contributed by atoms with Gasteiger partial charge in [0.05, 0.1) is 5.25 Å². The number of hydrogen-bond donors (Lipinski definition) is 1. The average molecular weight is 395 g/mol. The van der Waals surface area contributed by atoms with Crippen LogP contribution in [0.3, 0.4) is 0 Å². The molecule has 0 unspecified atom stereocenters. The summed E-state index contributed by atoms with van der Waals surface area (Å²) in [6.45, 7) is 1.77. The molecule has 1 aromatic heterocycles. The summed E-state index contributed by atoms with van der Waals surface area (Å²) >= 11 is 2.68. The highest BCUT2D eigenvalue weighted by atomic mass is 32.2. The standard InChI is InChI=1S/C19H13N3O3S2/c1-10(27-19-22-20-9-26-19)18(25)21-11-6-7-14-15(8-11)17(24)13-5-3-2-4-12(13)16(14)23/h2-10H,1H3,(H,21,25)/t10-/m0/s1. The number of aromatic nitrogens is 2. The number of fused-ring (bicyclic) bond motifs is 2. The lowest BCUT2D eigenvalue weighted by Gasteiger charge is -2.18. The van der Waals surface area contributed by atoms with Crippen LogP contribution in [0.25, 0.3) is 0 Å². The Balaban J connectivity index is 1.57. The highest BCUT2D eigenvalue weighted by Gasteiger charge is 2.29. The van der Waals surface area contributed by atoms with E-state index in [1.54, 1.807) is 54.9 Å². The maximum absolute atomic E-state index is 12.8. The molecule has 1 aliphatic rings. The lowest BCUT2D eigenvalue weighted by atomic mass is 9.84. The zero-order valence-electron chi connectivity index (χ0n) is 14.1. The second-order valence-corrected chi connectivity index (χ2v) is 8.34. The number of amides is 1. The van der Waals surface area contributed by atoms with E-state index in [-0.39, 0.29) is 22.7 Å². The summed E-state index contributed by atoms with van der Waals surface area (Å²) in [4.78, 5) is 37.8. The van der Waals surface area contributed by atoms with E-state index < -0.39 is 0 Å². The molecule has 1 aliphatic carbocycles. The van der Waals surface area contributed by atoms with Crippen LogP contribution >= 0.6 is 23.1 Å². The van der Waals surface area contributed by atoms with Gasteiger partial charge in [-0.15, -0.1) is 10.2 Å². The number of carbonyl (C=O) groups excluding carboxylic acids is 3. The molecular weight excluding hydrogens is 382 g/mol. The van der Waals surface area contributed by atoms with Crippen molar-refractivity contribution in [2.24, 2.45) is 0 Å². The molecule has 2 aromatic carbocycles. The summed E-state index contributed by atoms with van der Waals surface area (Å²) in [5, 5.41) is 10.1. The van der Waals surface area contributed by atoms with Gasteiger partial charge in [0.2, 0.25) is 5.91 Å². The first-order valence-electron chi connectivity index (χ1n) is 8.11. The molecule has 4 rings (SSSR count). The Hall–Kier alpha value is -2.84. The summed E-state index contributed by atoms with van der Waals surface area (Å²) in [6, 6.07) is 11.5. The molecule has 1 heterocycles. The van der Waals surface area contributed by atoms with Crippen LogP contribution in [0, 0.1) is 0 Å². The molecular formula is C19H13N3O3S2. The molecule has 8 heteroatoms. The fourth-order valence-electron chi connectivity index (χ4n) is 2.84. The molecule has 1 amide bonds. The van der Waals surface area contributed by atoms with Crippen LogP contribution in [0.15, 0.2) is 52.3 Å². The van der Waals surface area contributed by atoms with E-state index in [0.717, 1.165) is 0 Å². The number of rotatable bonds is 4. The maximum Gasteiger partial charge on any atom is 0.237 e. The van der Waals surface area contributed by atoms with Gasteiger partial charge in [-0.3, -0.25) is 14.4 Å². The summed E-state index contributed by atoms with van der Waals surface area (Å²) < 4.78 is 0.709. The zero-order valence-corrected chi connectivity index (χ0v) is 15.8. The summed E-state index contributed by atoms with van der Waals surface area (Å²) in [7, 11) is 0. The van der Waals surface area contributed by atoms with Crippen LogP contribution in [0.2, 0.25) is 0 Å². The van der Waals surface area contributed by atoms with Gasteiger partial charge >= 0.3 is 0 Å². The molecule has 3 aromatic rings. The van der Waals surface area contributed by atoms with E-state index in [2.05, 4.69) is 15.5 Å². The average Bonchev–Trinajstić information content (AvgIpc) is 3.19. The smallest absolute Gasteiger partial charge is 0.237 e. The van der Waals surface area contributed by atoms with E-state index >= 15 is 0 Å². The number of nitrogens with one attached hydrogen (secondary N) is 1. The molecule has 27 heavy (non-hydrogen) atoms. The van der Waals surface area contributed by atoms with Gasteiger partial charge < -0.3 is 5.32 Å². The van der Waals surface area contributed by atoms with Crippen molar-refractivity contribution in [3.05, 3.63) is 70.2 Å². The van der Waals surface area contributed by atoms with Crippen LogP contribution in [0.5, 0.6) is 0 Å². The van der Waals surface area contributed by atoms with Gasteiger partial charge in [-0.1, -0.05) is 47.4 Å². The molecule has 0 aliphatic heterocycles. The third-order valence-corrected chi connectivity index (χ3v) is 6.09. The molecule has 1 atom stereocenters. The minimum atomic E-state index is -0.382. The molecule has 134 valence electrons. The normalized spacial score (nSPS) is 13.7. The number of thioether (sulfide) groups is 1. The Kier molecular flexibility index (Phi) is 4.59. The van der Waals surface area contributed by atoms with E-state index in [9.17, 15) is 14.4 Å². The van der Waals surface area contributed by atoms with E-state index in [1.165, 1.54) is 23.1 Å². The molecule has 6 nitrogen and oxygen atoms in total. The minimum Gasteiger partial charge on any atom is -0.325 e. The fraction of sp³-hybridized carbons (Fsp3) is 0.105. The molecule has 0 radical (unpaired) electrons. The third-order valence-electron chi connectivity index (χ3n) is 4.18. The molecule has 1 N–H and O–H groups in total. The number of carbonyl (C=O) groups is 3. The molecule has 0 spiro atoms. The van der Waals surface area contributed by atoms with Gasteiger partial charge in [-0.05, 0) is 25.1 Å². The van der Waals surface area contributed by atoms with Crippen molar-refractivity contribution in [2.75, 3.05) is 5.32 Å². The van der Waals surface area contributed by atoms with Crippen LogP contribution in [-0.2, 0) is 4.79 Å². The zero-order chi connectivity index (χ0) is 19.0. The van der Waals surface area contributed by atoms with Crippen molar-refractivity contribution in [2.45, 2.75) is 16.5 Å². The SMILES string of the molecule is C[C@H](Sc1nncs1)C(=O)Nc1ccc2c(c1)C(=O)c1ccccc1C2=O. The molecule has 0 saturated carbocycles. The van der Waals surface area contributed by atoms with Gasteiger partial charge in [0.25, 0.3) is 0 Å². The fourth-order valence-corrected chi connectivity index (χ4v) is 4.47. The largest absolute Gasteiger partial charge is 0.325 e. The van der Waals surface area contributed by atoms with Crippen LogP contribution in [0.4, 0.5) is 5.69 Å². The van der Waals surface area contributed by atoms with E-state index in [1.807, 2.05) is 0 Å². The highest BCUT2D eigenvalue weighted by Crippen LogP contribution is 2.30. The Morgan fingerprint density at radius 3 is 2.37 bits per heavy atom. The number of benzene rings is 2. The predicted octanol–water partition coefficient (Wildman–Crippen LogP) is 3.43. The Bertz CT molecular complexity index is 1060. The maximum atomic E-state index is 12.8. The van der Waals surface area contributed by atoms with Crippen LogP contribution in [-0.4, -0.2) is 32.9 Å². The molecule has 0 saturated heterocycles. The van der Waals surface area contributed by atoms with Crippen LogP contribution in [0.1, 0.15) is 38.8 Å². The number of ketones is 2. The van der Waals surface area contributed by atoms with Crippen LogP contribution < -0.4 is 5.32 Å². The van der Waals surface area contributed by atoms with Crippen molar-refractivity contribution in [3.8, 4) is 0 Å². The monoisotopic (exact) mass is 395 g/mol. The summed E-state index contributed by atoms with van der Waals surface area (Å²) in [5.74, 6) is -0.615. The first kappa shape index (κ1) is 17.6. The first-order valence-corrected chi connectivity index (χ1v) is 9.86. The van der Waals surface area contributed by atoms with Crippen molar-refractivity contribution in [1.29, 1.82) is 0 Å². The van der Waals surface area contributed by atoms with E-state index in [4.69, 9.17) is 0 Å². The predicted molar refractivity (Wildman–Crippen MR) is 104 cm³/mol. The summed E-state index contributed by atoms with van der Waals surface area (Å²) in [6.07, 6.45) is 0. The van der Waals surface area contributed by atoms with Crippen molar-refractivity contribution in [3.63, 3.8) is 0 Å².